The highest BCUT2D eigenvalue weighted by atomic mass is 16.5. The molecule has 10 heteroatoms. The molecule has 0 aliphatic heterocycles. The number of carbonyl (C=O) groups excluding carboxylic acids is 2. The lowest BCUT2D eigenvalue weighted by atomic mass is 10.1. The Bertz CT molecular complexity index is 831. The summed E-state index contributed by atoms with van der Waals surface area (Å²) < 4.78 is 15.9. The third kappa shape index (κ3) is 7.33. The molecule has 0 radical (unpaired) electrons. The molecule has 2 aromatic rings. The maximum atomic E-state index is 12.0. The maximum Gasteiger partial charge on any atom is 0.256 e. The van der Waals surface area contributed by atoms with E-state index >= 15 is 0 Å². The highest BCUT2D eigenvalue weighted by Crippen LogP contribution is 2.35. The van der Waals surface area contributed by atoms with Crippen molar-refractivity contribution >= 4 is 17.5 Å². The van der Waals surface area contributed by atoms with E-state index < -0.39 is 17.6 Å². The predicted molar refractivity (Wildman–Crippen MR) is 107 cm³/mol. The number of rotatable bonds is 13. The van der Waals surface area contributed by atoms with Gasteiger partial charge in [0.2, 0.25) is 5.91 Å². The molecular weight excluding hydrogens is 394 g/mol. The van der Waals surface area contributed by atoms with Gasteiger partial charge in [-0.25, -0.2) is 5.48 Å². The Labute approximate surface area is 173 Å². The minimum absolute atomic E-state index is 0.00901. The van der Waals surface area contributed by atoms with E-state index in [2.05, 4.69) is 5.32 Å². The molecule has 2 rings (SSSR count). The largest absolute Gasteiger partial charge is 0.505 e. The lowest BCUT2D eigenvalue weighted by Gasteiger charge is -2.14. The van der Waals surface area contributed by atoms with Gasteiger partial charge in [0.05, 0.1) is 25.5 Å². The van der Waals surface area contributed by atoms with Crippen molar-refractivity contribution in [3.8, 4) is 11.5 Å². The van der Waals surface area contributed by atoms with Gasteiger partial charge in [-0.15, -0.1) is 0 Å². The number of primary amides is 1. The van der Waals surface area contributed by atoms with Crippen LogP contribution in [0.3, 0.4) is 0 Å². The van der Waals surface area contributed by atoms with Crippen LogP contribution in [0, 0.1) is 0 Å². The zero-order chi connectivity index (χ0) is 21.8. The fraction of sp³-hybridized carbons (Fsp3) is 0.300. The summed E-state index contributed by atoms with van der Waals surface area (Å²) in [7, 11) is 0. The van der Waals surface area contributed by atoms with Crippen LogP contribution in [0.5, 0.6) is 11.5 Å². The van der Waals surface area contributed by atoms with Crippen molar-refractivity contribution < 1.29 is 34.1 Å². The van der Waals surface area contributed by atoms with Gasteiger partial charge in [0.25, 0.3) is 5.91 Å². The lowest BCUT2D eigenvalue weighted by molar-refractivity contribution is -0.121. The summed E-state index contributed by atoms with van der Waals surface area (Å²) in [6.45, 7) is 0.903. The number of anilines is 1. The molecule has 0 atom stereocenters. The van der Waals surface area contributed by atoms with Crippen molar-refractivity contribution in [2.45, 2.75) is 6.61 Å². The molecule has 2 aromatic carbocycles. The molecule has 162 valence electrons. The quantitative estimate of drug-likeness (QED) is 0.183. The zero-order valence-electron chi connectivity index (χ0n) is 16.3. The second-order valence-corrected chi connectivity index (χ2v) is 6.09. The average molecular weight is 419 g/mol. The van der Waals surface area contributed by atoms with Crippen LogP contribution in [0.2, 0.25) is 0 Å². The van der Waals surface area contributed by atoms with E-state index in [1.54, 1.807) is 0 Å². The van der Waals surface area contributed by atoms with E-state index in [1.165, 1.54) is 12.1 Å². The Morgan fingerprint density at radius 1 is 1.00 bits per heavy atom. The molecule has 0 fully saturated rings. The van der Waals surface area contributed by atoms with Crippen molar-refractivity contribution in [2.75, 3.05) is 38.3 Å². The SMILES string of the molecule is NC(=O)c1c(OCc2ccccc2)ccc(NC(=O)COCCOCCNO)c1O. The topological polar surface area (TPSA) is 152 Å². The van der Waals surface area contributed by atoms with Gasteiger partial charge >= 0.3 is 0 Å². The van der Waals surface area contributed by atoms with Crippen molar-refractivity contribution in [1.29, 1.82) is 0 Å². The number of hydrogen-bond donors (Lipinski definition) is 5. The number of hydroxylamine groups is 1. The van der Waals surface area contributed by atoms with Gasteiger partial charge < -0.3 is 35.6 Å². The van der Waals surface area contributed by atoms with Gasteiger partial charge in [-0.1, -0.05) is 30.3 Å². The minimum Gasteiger partial charge on any atom is -0.505 e. The number of hydrogen-bond acceptors (Lipinski definition) is 8. The fourth-order valence-electron chi connectivity index (χ4n) is 2.46. The summed E-state index contributed by atoms with van der Waals surface area (Å²) in [4.78, 5) is 23.8. The van der Waals surface area contributed by atoms with Crippen LogP contribution < -0.4 is 21.3 Å². The van der Waals surface area contributed by atoms with Crippen LogP contribution in [0.15, 0.2) is 42.5 Å². The summed E-state index contributed by atoms with van der Waals surface area (Å²) in [6, 6.07) is 12.1. The Morgan fingerprint density at radius 3 is 2.43 bits per heavy atom. The lowest BCUT2D eigenvalue weighted by Crippen LogP contribution is -2.21. The van der Waals surface area contributed by atoms with Crippen LogP contribution in [0.4, 0.5) is 5.69 Å². The number of phenols is 1. The number of benzene rings is 2. The maximum absolute atomic E-state index is 12.0. The third-order valence-electron chi connectivity index (χ3n) is 3.86. The Morgan fingerprint density at radius 2 is 1.73 bits per heavy atom. The van der Waals surface area contributed by atoms with Gasteiger partial charge in [0.1, 0.15) is 24.5 Å². The number of aromatic hydroxyl groups is 1. The first-order valence-corrected chi connectivity index (χ1v) is 9.17. The van der Waals surface area contributed by atoms with Gasteiger partial charge in [0.15, 0.2) is 5.75 Å². The smallest absolute Gasteiger partial charge is 0.256 e. The highest BCUT2D eigenvalue weighted by Gasteiger charge is 2.20. The number of carbonyl (C=O) groups is 2. The molecule has 10 nitrogen and oxygen atoms in total. The first-order valence-electron chi connectivity index (χ1n) is 9.17. The minimum atomic E-state index is -0.891. The van der Waals surface area contributed by atoms with Gasteiger partial charge in [-0.3, -0.25) is 9.59 Å². The van der Waals surface area contributed by atoms with Crippen LogP contribution in [-0.4, -0.2) is 55.1 Å². The molecule has 30 heavy (non-hydrogen) atoms. The van der Waals surface area contributed by atoms with E-state index in [-0.39, 0.29) is 50.0 Å². The summed E-state index contributed by atoms with van der Waals surface area (Å²) in [5.41, 5.74) is 7.98. The Balaban J connectivity index is 1.92. The summed E-state index contributed by atoms with van der Waals surface area (Å²) in [5, 5.41) is 21.2. The van der Waals surface area contributed by atoms with E-state index in [4.69, 9.17) is 25.2 Å². The average Bonchev–Trinajstić information content (AvgIpc) is 2.73. The molecular formula is C20H25N3O7. The molecule has 0 unspecified atom stereocenters. The summed E-state index contributed by atoms with van der Waals surface area (Å²) in [6.07, 6.45) is 0. The summed E-state index contributed by atoms with van der Waals surface area (Å²) >= 11 is 0. The highest BCUT2D eigenvalue weighted by molar-refractivity contribution is 6.02. The number of amides is 2. The van der Waals surface area contributed by atoms with Crippen molar-refractivity contribution in [3.63, 3.8) is 0 Å². The first kappa shape index (κ1) is 23.1. The van der Waals surface area contributed by atoms with E-state index in [0.29, 0.717) is 6.61 Å². The molecule has 0 bridgehead atoms. The van der Waals surface area contributed by atoms with E-state index in [0.717, 1.165) is 5.56 Å². The van der Waals surface area contributed by atoms with E-state index in [9.17, 15) is 14.7 Å². The molecule has 0 aliphatic carbocycles. The second kappa shape index (κ2) is 12.4. The van der Waals surface area contributed by atoms with Gasteiger partial charge in [0, 0.05) is 6.54 Å². The monoisotopic (exact) mass is 419 g/mol. The molecule has 0 spiro atoms. The van der Waals surface area contributed by atoms with Crippen molar-refractivity contribution in [2.24, 2.45) is 5.73 Å². The first-order chi connectivity index (χ1) is 14.5. The van der Waals surface area contributed by atoms with Gasteiger partial charge in [-0.05, 0) is 17.7 Å². The van der Waals surface area contributed by atoms with E-state index in [1.807, 2.05) is 35.8 Å². The molecule has 0 saturated carbocycles. The van der Waals surface area contributed by atoms with Crippen LogP contribution in [-0.2, 0) is 20.9 Å². The fourth-order valence-corrected chi connectivity index (χ4v) is 2.46. The molecule has 0 heterocycles. The number of nitrogens with one attached hydrogen (secondary N) is 2. The Kier molecular flexibility index (Phi) is 9.55. The van der Waals surface area contributed by atoms with Gasteiger partial charge in [-0.2, -0.15) is 0 Å². The molecule has 0 aliphatic rings. The molecule has 0 saturated heterocycles. The zero-order valence-corrected chi connectivity index (χ0v) is 16.3. The number of ether oxygens (including phenoxy) is 3. The second-order valence-electron chi connectivity index (χ2n) is 6.09. The molecule has 2 amide bonds. The molecule has 0 aromatic heterocycles. The van der Waals surface area contributed by atoms with Crippen LogP contribution >= 0.6 is 0 Å². The van der Waals surface area contributed by atoms with Crippen LogP contribution in [0.1, 0.15) is 15.9 Å². The predicted octanol–water partition coefficient (Wildman–Crippen LogP) is 1.02. The normalized spacial score (nSPS) is 10.6. The van der Waals surface area contributed by atoms with Crippen LogP contribution in [0.25, 0.3) is 0 Å². The standard InChI is InChI=1S/C20H25N3O7/c21-20(26)18-16(30-12-14-4-2-1-3-5-14)7-6-15(19(18)25)23-17(24)13-29-11-10-28-9-8-22-27/h1-7,22,25,27H,8-13H2,(H2,21,26)(H,23,24). The number of nitrogens with two attached hydrogens (primary N) is 1. The third-order valence-corrected chi connectivity index (χ3v) is 3.86. The van der Waals surface area contributed by atoms with Crippen molar-refractivity contribution in [3.05, 3.63) is 53.6 Å². The summed E-state index contributed by atoms with van der Waals surface area (Å²) in [5.74, 6) is -1.80. The Hall–Kier alpha value is -3.18. The molecule has 6 N–H and O–H groups in total. The van der Waals surface area contributed by atoms with Crippen molar-refractivity contribution in [1.82, 2.24) is 5.48 Å².